The maximum Gasteiger partial charge on any atom is 0.342 e. The second-order valence-electron chi connectivity index (χ2n) is 4.64. The van der Waals surface area contributed by atoms with Crippen molar-refractivity contribution in [1.29, 1.82) is 0 Å². The Balaban J connectivity index is 2.26. The molecule has 0 saturated heterocycles. The molecule has 1 atom stereocenters. The number of rotatable bonds is 3. The number of aromatic hydroxyl groups is 1. The van der Waals surface area contributed by atoms with E-state index in [2.05, 4.69) is 6.92 Å². The van der Waals surface area contributed by atoms with Crippen molar-refractivity contribution in [3.05, 3.63) is 28.8 Å². The van der Waals surface area contributed by atoms with E-state index in [4.69, 9.17) is 4.74 Å². The van der Waals surface area contributed by atoms with Gasteiger partial charge in [0.05, 0.1) is 0 Å². The number of hydrogen-bond donors (Lipinski definition) is 1. The molecule has 0 fully saturated rings. The van der Waals surface area contributed by atoms with Crippen molar-refractivity contribution < 1.29 is 14.6 Å². The summed E-state index contributed by atoms with van der Waals surface area (Å²) < 4.78 is 5.35. The molecule has 0 amide bonds. The van der Waals surface area contributed by atoms with E-state index >= 15 is 0 Å². The van der Waals surface area contributed by atoms with Gasteiger partial charge in [-0.05, 0) is 24.5 Å². The maximum absolute atomic E-state index is 11.8. The van der Waals surface area contributed by atoms with Crippen LogP contribution in [0.4, 0.5) is 0 Å². The first-order valence-corrected chi connectivity index (χ1v) is 6.16. The Labute approximate surface area is 101 Å². The first-order chi connectivity index (χ1) is 8.13. The fourth-order valence-electron chi connectivity index (χ4n) is 2.23. The molecule has 0 aliphatic carbocycles. The highest BCUT2D eigenvalue weighted by atomic mass is 16.5. The van der Waals surface area contributed by atoms with Crippen LogP contribution in [0.15, 0.2) is 12.1 Å². The molecule has 0 aromatic heterocycles. The quantitative estimate of drug-likeness (QED) is 0.818. The average molecular weight is 234 g/mol. The zero-order valence-corrected chi connectivity index (χ0v) is 10.3. The molecule has 0 saturated carbocycles. The Morgan fingerprint density at radius 2 is 2.24 bits per heavy atom. The predicted molar refractivity (Wildman–Crippen MR) is 65.3 cm³/mol. The molecular formula is C14H18O3. The summed E-state index contributed by atoms with van der Waals surface area (Å²) >= 11 is 0. The minimum Gasteiger partial charge on any atom is -0.507 e. The van der Waals surface area contributed by atoms with Crippen LogP contribution >= 0.6 is 0 Å². The number of benzene rings is 1. The maximum atomic E-state index is 11.8. The van der Waals surface area contributed by atoms with Crippen LogP contribution in [0.25, 0.3) is 0 Å². The Morgan fingerprint density at radius 1 is 1.47 bits per heavy atom. The lowest BCUT2D eigenvalue weighted by atomic mass is 9.94. The van der Waals surface area contributed by atoms with Gasteiger partial charge in [-0.1, -0.05) is 31.9 Å². The zero-order valence-electron chi connectivity index (χ0n) is 10.3. The molecule has 17 heavy (non-hydrogen) atoms. The highest BCUT2D eigenvalue weighted by Gasteiger charge is 2.29. The van der Waals surface area contributed by atoms with Crippen LogP contribution < -0.4 is 0 Å². The van der Waals surface area contributed by atoms with Crippen LogP contribution in [0.2, 0.25) is 0 Å². The van der Waals surface area contributed by atoms with Crippen LogP contribution in [0.3, 0.4) is 0 Å². The van der Waals surface area contributed by atoms with Gasteiger partial charge in [-0.2, -0.15) is 0 Å². The standard InChI is InChI=1S/C14H18O3/c1-3-4-5-11-8-10-7-6-9(2)13(15)12(10)14(16)17-11/h6-7,11,15H,3-5,8H2,1-2H3. The van der Waals surface area contributed by atoms with Crippen molar-refractivity contribution in [2.75, 3.05) is 0 Å². The summed E-state index contributed by atoms with van der Waals surface area (Å²) in [5, 5.41) is 9.88. The molecule has 2 rings (SSSR count). The molecule has 1 aromatic rings. The molecule has 1 aliphatic heterocycles. The molecular weight excluding hydrogens is 216 g/mol. The van der Waals surface area contributed by atoms with Crippen LogP contribution in [0, 0.1) is 6.92 Å². The Kier molecular flexibility index (Phi) is 3.36. The lowest BCUT2D eigenvalue weighted by Crippen LogP contribution is -2.27. The zero-order chi connectivity index (χ0) is 12.4. The molecule has 1 heterocycles. The van der Waals surface area contributed by atoms with Gasteiger partial charge in [0.1, 0.15) is 17.4 Å². The first kappa shape index (κ1) is 12.0. The van der Waals surface area contributed by atoms with Gasteiger partial charge in [0.25, 0.3) is 0 Å². The summed E-state index contributed by atoms with van der Waals surface area (Å²) in [4.78, 5) is 11.8. The van der Waals surface area contributed by atoms with Crippen LogP contribution in [-0.2, 0) is 11.2 Å². The van der Waals surface area contributed by atoms with E-state index in [1.807, 2.05) is 12.1 Å². The van der Waals surface area contributed by atoms with Crippen molar-refractivity contribution in [2.24, 2.45) is 0 Å². The third-order valence-electron chi connectivity index (χ3n) is 3.27. The fourth-order valence-corrected chi connectivity index (χ4v) is 2.23. The van der Waals surface area contributed by atoms with Gasteiger partial charge in [0.2, 0.25) is 0 Å². The number of carbonyl (C=O) groups is 1. The highest BCUT2D eigenvalue weighted by molar-refractivity contribution is 5.95. The monoisotopic (exact) mass is 234 g/mol. The van der Waals surface area contributed by atoms with Gasteiger partial charge in [-0.15, -0.1) is 0 Å². The Morgan fingerprint density at radius 3 is 2.94 bits per heavy atom. The van der Waals surface area contributed by atoms with Gasteiger partial charge in [0.15, 0.2) is 0 Å². The lowest BCUT2D eigenvalue weighted by molar-refractivity contribution is 0.0228. The van der Waals surface area contributed by atoms with Gasteiger partial charge in [-0.3, -0.25) is 0 Å². The predicted octanol–water partition coefficient (Wildman–Crippen LogP) is 2.97. The summed E-state index contributed by atoms with van der Waals surface area (Å²) in [7, 11) is 0. The number of ether oxygens (including phenoxy) is 1. The fraction of sp³-hybridized carbons (Fsp3) is 0.500. The van der Waals surface area contributed by atoms with Crippen molar-refractivity contribution >= 4 is 5.97 Å². The normalized spacial score (nSPS) is 18.7. The van der Waals surface area contributed by atoms with Gasteiger partial charge in [-0.25, -0.2) is 4.79 Å². The topological polar surface area (TPSA) is 46.5 Å². The van der Waals surface area contributed by atoms with Crippen LogP contribution in [0.5, 0.6) is 5.75 Å². The summed E-state index contributed by atoms with van der Waals surface area (Å²) in [6.07, 6.45) is 3.74. The van der Waals surface area contributed by atoms with Gasteiger partial charge >= 0.3 is 5.97 Å². The van der Waals surface area contributed by atoms with E-state index in [-0.39, 0.29) is 17.8 Å². The van der Waals surface area contributed by atoms with E-state index < -0.39 is 0 Å². The van der Waals surface area contributed by atoms with E-state index in [9.17, 15) is 9.90 Å². The van der Waals surface area contributed by atoms with Gasteiger partial charge in [0, 0.05) is 6.42 Å². The Hall–Kier alpha value is -1.51. The number of hydrogen-bond acceptors (Lipinski definition) is 3. The molecule has 1 unspecified atom stereocenters. The third-order valence-corrected chi connectivity index (χ3v) is 3.27. The van der Waals surface area contributed by atoms with Gasteiger partial charge < -0.3 is 9.84 Å². The number of phenolic OH excluding ortho intramolecular Hbond substituents is 1. The SMILES string of the molecule is CCCCC1Cc2ccc(C)c(O)c2C(=O)O1. The summed E-state index contributed by atoms with van der Waals surface area (Å²) in [6, 6.07) is 3.77. The number of phenols is 1. The lowest BCUT2D eigenvalue weighted by Gasteiger charge is -2.25. The van der Waals surface area contributed by atoms with Crippen LogP contribution in [0.1, 0.15) is 47.7 Å². The van der Waals surface area contributed by atoms with E-state index in [1.54, 1.807) is 6.92 Å². The average Bonchev–Trinajstić information content (AvgIpc) is 2.31. The first-order valence-electron chi connectivity index (χ1n) is 6.16. The van der Waals surface area contributed by atoms with Crippen molar-refractivity contribution in [3.8, 4) is 5.75 Å². The molecule has 3 heteroatoms. The van der Waals surface area contributed by atoms with E-state index in [1.165, 1.54) is 0 Å². The minimum atomic E-state index is -0.381. The smallest absolute Gasteiger partial charge is 0.342 e. The summed E-state index contributed by atoms with van der Waals surface area (Å²) in [6.45, 7) is 3.90. The molecule has 3 nitrogen and oxygen atoms in total. The number of carbonyl (C=O) groups excluding carboxylic acids is 1. The van der Waals surface area contributed by atoms with Crippen molar-refractivity contribution in [1.82, 2.24) is 0 Å². The number of unbranched alkanes of at least 4 members (excludes halogenated alkanes) is 1. The largest absolute Gasteiger partial charge is 0.507 e. The molecule has 92 valence electrons. The number of fused-ring (bicyclic) bond motifs is 1. The summed E-state index contributed by atoms with van der Waals surface area (Å²) in [5.74, 6) is -0.310. The number of cyclic esters (lactones) is 1. The molecule has 0 bridgehead atoms. The summed E-state index contributed by atoms with van der Waals surface area (Å²) in [5.41, 5.74) is 1.98. The Bertz CT molecular complexity index is 437. The molecule has 1 aliphatic rings. The third kappa shape index (κ3) is 2.28. The molecule has 1 aromatic carbocycles. The molecule has 0 radical (unpaired) electrons. The highest BCUT2D eigenvalue weighted by Crippen LogP contribution is 2.32. The number of esters is 1. The van der Waals surface area contributed by atoms with Crippen LogP contribution in [-0.4, -0.2) is 17.2 Å². The second-order valence-corrected chi connectivity index (χ2v) is 4.64. The van der Waals surface area contributed by atoms with Crippen molar-refractivity contribution in [2.45, 2.75) is 45.6 Å². The van der Waals surface area contributed by atoms with Crippen molar-refractivity contribution in [3.63, 3.8) is 0 Å². The number of aryl methyl sites for hydroxylation is 1. The molecule has 1 N–H and O–H groups in total. The second kappa shape index (κ2) is 4.78. The molecule has 0 spiro atoms. The van der Waals surface area contributed by atoms with E-state index in [0.717, 1.165) is 31.2 Å². The minimum absolute atomic E-state index is 0.0305. The van der Waals surface area contributed by atoms with E-state index in [0.29, 0.717) is 11.1 Å².